The minimum atomic E-state index is -0.530. The van der Waals surface area contributed by atoms with Crippen LogP contribution >= 0.6 is 0 Å². The third-order valence-corrected chi connectivity index (χ3v) is 4.75. The first-order chi connectivity index (χ1) is 12.6. The number of ether oxygens (including phenoxy) is 2. The summed E-state index contributed by atoms with van der Waals surface area (Å²) in [6.45, 7) is 4.44. The average molecular weight is 358 g/mol. The van der Waals surface area contributed by atoms with Crippen LogP contribution in [-0.2, 0) is 9.53 Å². The lowest BCUT2D eigenvalue weighted by molar-refractivity contribution is -0.144. The van der Waals surface area contributed by atoms with Gasteiger partial charge in [-0.25, -0.2) is 9.59 Å². The predicted octanol–water partition coefficient (Wildman–Crippen LogP) is 3.59. The van der Waals surface area contributed by atoms with Gasteiger partial charge >= 0.3 is 12.0 Å². The molecule has 1 fully saturated rings. The highest BCUT2D eigenvalue weighted by molar-refractivity contribution is 5.95. The molecule has 0 spiro atoms. The van der Waals surface area contributed by atoms with Gasteiger partial charge in [0, 0.05) is 5.70 Å². The molecule has 0 bridgehead atoms. The molecule has 0 radical (unpaired) electrons. The second-order valence-electron chi connectivity index (χ2n) is 6.80. The monoisotopic (exact) mass is 358 g/mol. The van der Waals surface area contributed by atoms with Crippen LogP contribution in [0, 0.1) is 0 Å². The zero-order valence-corrected chi connectivity index (χ0v) is 15.3. The third kappa shape index (κ3) is 4.18. The van der Waals surface area contributed by atoms with Crippen molar-refractivity contribution in [1.29, 1.82) is 0 Å². The molecule has 26 heavy (non-hydrogen) atoms. The molecule has 0 unspecified atom stereocenters. The van der Waals surface area contributed by atoms with Crippen LogP contribution in [0.2, 0.25) is 0 Å². The van der Waals surface area contributed by atoms with E-state index in [2.05, 4.69) is 17.6 Å². The second kappa shape index (κ2) is 8.25. The van der Waals surface area contributed by atoms with E-state index in [-0.39, 0.29) is 18.1 Å². The van der Waals surface area contributed by atoms with E-state index in [0.29, 0.717) is 17.9 Å². The van der Waals surface area contributed by atoms with Gasteiger partial charge in [-0.15, -0.1) is 0 Å². The van der Waals surface area contributed by atoms with Crippen LogP contribution in [0.1, 0.15) is 57.6 Å². The fraction of sp³-hybridized carbons (Fsp3) is 0.500. The van der Waals surface area contributed by atoms with Crippen molar-refractivity contribution in [3.63, 3.8) is 0 Å². The lowest BCUT2D eigenvalue weighted by Gasteiger charge is -2.29. The van der Waals surface area contributed by atoms with Crippen molar-refractivity contribution in [2.24, 2.45) is 0 Å². The second-order valence-corrected chi connectivity index (χ2v) is 6.80. The summed E-state index contributed by atoms with van der Waals surface area (Å²) in [5.74, 6) is 0.407. The Morgan fingerprint density at radius 2 is 1.88 bits per heavy atom. The number of rotatable bonds is 6. The van der Waals surface area contributed by atoms with Gasteiger partial charge in [0.05, 0.1) is 18.2 Å². The van der Waals surface area contributed by atoms with Crippen LogP contribution in [0.4, 0.5) is 4.79 Å². The normalized spacial score (nSPS) is 20.5. The largest absolute Gasteiger partial charge is 0.494 e. The SMILES string of the molecule is CCCOc1ccc([C@@H]2NC(=O)NC(C)=C2C(=O)OC2CCCC2)cc1. The molecule has 1 aromatic rings. The summed E-state index contributed by atoms with van der Waals surface area (Å²) in [6, 6.07) is 6.60. The Hall–Kier alpha value is -2.50. The van der Waals surface area contributed by atoms with Crippen molar-refractivity contribution < 1.29 is 19.1 Å². The molecule has 1 aromatic carbocycles. The van der Waals surface area contributed by atoms with Gasteiger partial charge in [0.2, 0.25) is 0 Å². The Bertz CT molecular complexity index is 690. The molecule has 140 valence electrons. The van der Waals surface area contributed by atoms with Crippen molar-refractivity contribution >= 4 is 12.0 Å². The summed E-state index contributed by atoms with van der Waals surface area (Å²) in [5, 5.41) is 5.51. The lowest BCUT2D eigenvalue weighted by atomic mass is 9.95. The number of allylic oxidation sites excluding steroid dienone is 1. The maximum Gasteiger partial charge on any atom is 0.338 e. The fourth-order valence-electron chi connectivity index (χ4n) is 3.41. The number of amides is 2. The molecule has 1 heterocycles. The minimum absolute atomic E-state index is 0.0223. The van der Waals surface area contributed by atoms with Gasteiger partial charge in [-0.1, -0.05) is 19.1 Å². The molecule has 3 rings (SSSR count). The van der Waals surface area contributed by atoms with Crippen LogP contribution in [0.25, 0.3) is 0 Å². The maximum atomic E-state index is 12.8. The number of urea groups is 1. The molecule has 6 nitrogen and oxygen atoms in total. The van der Waals surface area contributed by atoms with Gasteiger partial charge < -0.3 is 20.1 Å². The Morgan fingerprint density at radius 3 is 2.54 bits per heavy atom. The predicted molar refractivity (Wildman–Crippen MR) is 97.7 cm³/mol. The van der Waals surface area contributed by atoms with Gasteiger partial charge in [0.25, 0.3) is 0 Å². The fourth-order valence-corrected chi connectivity index (χ4v) is 3.41. The van der Waals surface area contributed by atoms with E-state index in [1.807, 2.05) is 24.3 Å². The smallest absolute Gasteiger partial charge is 0.338 e. The first kappa shape index (κ1) is 18.3. The van der Waals surface area contributed by atoms with Crippen molar-refractivity contribution in [3.8, 4) is 5.75 Å². The van der Waals surface area contributed by atoms with Crippen molar-refractivity contribution in [2.45, 2.75) is 58.1 Å². The van der Waals surface area contributed by atoms with E-state index < -0.39 is 6.04 Å². The summed E-state index contributed by atoms with van der Waals surface area (Å²) in [7, 11) is 0. The Labute approximate surface area is 153 Å². The molecule has 1 aliphatic heterocycles. The highest BCUT2D eigenvalue weighted by atomic mass is 16.5. The summed E-state index contributed by atoms with van der Waals surface area (Å²) in [6.07, 6.45) is 4.91. The Morgan fingerprint density at radius 1 is 1.19 bits per heavy atom. The van der Waals surface area contributed by atoms with Crippen molar-refractivity contribution in [1.82, 2.24) is 10.6 Å². The zero-order chi connectivity index (χ0) is 18.5. The minimum Gasteiger partial charge on any atom is -0.494 e. The number of carbonyl (C=O) groups is 2. The van der Waals surface area contributed by atoms with Gasteiger partial charge in [-0.05, 0) is 56.7 Å². The lowest BCUT2D eigenvalue weighted by Crippen LogP contribution is -2.45. The molecule has 2 amide bonds. The Balaban J connectivity index is 1.81. The van der Waals surface area contributed by atoms with Crippen LogP contribution in [0.5, 0.6) is 5.75 Å². The highest BCUT2D eigenvalue weighted by Gasteiger charge is 2.33. The highest BCUT2D eigenvalue weighted by Crippen LogP contribution is 2.30. The van der Waals surface area contributed by atoms with E-state index in [1.165, 1.54) is 0 Å². The molecule has 0 saturated heterocycles. The van der Waals surface area contributed by atoms with Crippen LogP contribution < -0.4 is 15.4 Å². The van der Waals surface area contributed by atoms with E-state index >= 15 is 0 Å². The maximum absolute atomic E-state index is 12.8. The number of benzene rings is 1. The van der Waals surface area contributed by atoms with Gasteiger partial charge in [0.15, 0.2) is 0 Å². The quantitative estimate of drug-likeness (QED) is 0.762. The van der Waals surface area contributed by atoms with E-state index in [1.54, 1.807) is 6.92 Å². The number of hydrogen-bond donors (Lipinski definition) is 2. The molecule has 0 aromatic heterocycles. The molecular weight excluding hydrogens is 332 g/mol. The van der Waals surface area contributed by atoms with E-state index in [0.717, 1.165) is 43.4 Å². The summed E-state index contributed by atoms with van der Waals surface area (Å²) in [4.78, 5) is 24.7. The molecular formula is C20H26N2O4. The van der Waals surface area contributed by atoms with E-state index in [4.69, 9.17) is 9.47 Å². The first-order valence-electron chi connectivity index (χ1n) is 9.30. The van der Waals surface area contributed by atoms with Crippen LogP contribution in [0.15, 0.2) is 35.5 Å². The number of esters is 1. The van der Waals surface area contributed by atoms with Crippen LogP contribution in [-0.4, -0.2) is 24.7 Å². The standard InChI is InChI=1S/C20H26N2O4/c1-3-12-25-15-10-8-14(9-11-15)18-17(13(2)21-20(24)22-18)19(23)26-16-6-4-5-7-16/h8-11,16,18H,3-7,12H2,1-2H3,(H2,21,22,24)/t18-/m0/s1. The average Bonchev–Trinajstić information content (AvgIpc) is 3.12. The van der Waals surface area contributed by atoms with Crippen molar-refractivity contribution in [3.05, 3.63) is 41.1 Å². The zero-order valence-electron chi connectivity index (χ0n) is 15.3. The molecule has 1 atom stereocenters. The molecule has 6 heteroatoms. The topological polar surface area (TPSA) is 76.7 Å². The van der Waals surface area contributed by atoms with Gasteiger partial charge in [-0.3, -0.25) is 0 Å². The van der Waals surface area contributed by atoms with Crippen LogP contribution in [0.3, 0.4) is 0 Å². The third-order valence-electron chi connectivity index (χ3n) is 4.75. The number of nitrogens with one attached hydrogen (secondary N) is 2. The molecule has 1 aliphatic carbocycles. The Kier molecular flexibility index (Phi) is 5.81. The van der Waals surface area contributed by atoms with Crippen molar-refractivity contribution in [2.75, 3.05) is 6.61 Å². The van der Waals surface area contributed by atoms with Gasteiger partial charge in [0.1, 0.15) is 11.9 Å². The van der Waals surface area contributed by atoms with E-state index in [9.17, 15) is 9.59 Å². The summed E-state index contributed by atoms with van der Waals surface area (Å²) in [5.41, 5.74) is 1.81. The summed E-state index contributed by atoms with van der Waals surface area (Å²) >= 11 is 0. The molecule has 1 saturated carbocycles. The summed E-state index contributed by atoms with van der Waals surface area (Å²) < 4.78 is 11.3. The first-order valence-corrected chi connectivity index (χ1v) is 9.30. The van der Waals surface area contributed by atoms with Gasteiger partial charge in [-0.2, -0.15) is 0 Å². The number of carbonyl (C=O) groups excluding carboxylic acids is 2. The molecule has 2 N–H and O–H groups in total. The molecule has 2 aliphatic rings. The number of hydrogen-bond acceptors (Lipinski definition) is 4.